The molecule has 0 fully saturated rings. The number of nitrogens with one attached hydrogen (secondary N) is 1. The number of hydrogen-bond acceptors (Lipinski definition) is 5. The molecule has 0 amide bonds. The topological polar surface area (TPSA) is 65.6 Å². The van der Waals surface area contributed by atoms with Crippen molar-refractivity contribution in [2.24, 2.45) is 0 Å². The van der Waals surface area contributed by atoms with E-state index < -0.39 is 10.9 Å². The summed E-state index contributed by atoms with van der Waals surface area (Å²) >= 11 is 1.54. The number of benzene rings is 1. The van der Waals surface area contributed by atoms with Gasteiger partial charge < -0.3 is 4.90 Å². The summed E-state index contributed by atoms with van der Waals surface area (Å²) in [7, 11) is 0. The van der Waals surface area contributed by atoms with Crippen LogP contribution >= 0.6 is 11.8 Å². The van der Waals surface area contributed by atoms with E-state index in [1.54, 1.807) is 6.08 Å². The number of unbranched alkanes of at least 4 members (excludes halogenated alkanes) is 1. The molecular formula is C19H15N3O2S. The highest BCUT2D eigenvalue weighted by Gasteiger charge is 2.28. The highest BCUT2D eigenvalue weighted by atomic mass is 32.2. The molecule has 0 aliphatic carbocycles. The molecule has 1 heterocycles. The van der Waals surface area contributed by atoms with Gasteiger partial charge in [0.2, 0.25) is 10.9 Å². The van der Waals surface area contributed by atoms with Gasteiger partial charge in [-0.25, -0.2) is 4.85 Å². The van der Waals surface area contributed by atoms with Crippen molar-refractivity contribution < 1.29 is 0 Å². The molecule has 5 nitrogen and oxygen atoms in total. The third-order valence-electron chi connectivity index (χ3n) is 4.05. The first kappa shape index (κ1) is 17.0. The van der Waals surface area contributed by atoms with Crippen molar-refractivity contribution in [3.8, 4) is 0 Å². The molecule has 0 saturated carbocycles. The Hall–Kier alpha value is -2.87. The van der Waals surface area contributed by atoms with Crippen molar-refractivity contribution in [3.63, 3.8) is 0 Å². The van der Waals surface area contributed by atoms with Crippen LogP contribution in [0.25, 0.3) is 16.6 Å². The summed E-state index contributed by atoms with van der Waals surface area (Å²) in [6.45, 7) is 9.99. The van der Waals surface area contributed by atoms with Gasteiger partial charge in [0.1, 0.15) is 0 Å². The van der Waals surface area contributed by atoms with Crippen molar-refractivity contribution >= 4 is 35.1 Å². The molecule has 0 saturated heterocycles. The normalized spacial score (nSPS) is 14.4. The Bertz CT molecular complexity index is 1030. The van der Waals surface area contributed by atoms with Crippen LogP contribution in [0.1, 0.15) is 30.9 Å². The largest absolute Gasteiger partial charge is 0.335 e. The standard InChI is InChI=1S/C19H15N3O2S/c1-3-4-9-22-14-7-5-6-8-15(14)25-16(22)10-12-17(13(11-20)21-2)19(24)18(12)23/h5-8,10,20H,3-4,9H2,1H3/b16-10-. The van der Waals surface area contributed by atoms with E-state index in [2.05, 4.69) is 16.7 Å². The molecule has 3 rings (SSSR count). The van der Waals surface area contributed by atoms with Crippen LogP contribution in [-0.4, -0.2) is 12.4 Å². The lowest BCUT2D eigenvalue weighted by atomic mass is 9.98. The Balaban J connectivity index is 2.07. The molecule has 2 aromatic carbocycles. The summed E-state index contributed by atoms with van der Waals surface area (Å²) in [6, 6.07) is 7.98. The number of anilines is 1. The summed E-state index contributed by atoms with van der Waals surface area (Å²) in [4.78, 5) is 30.2. The first-order chi connectivity index (χ1) is 12.1. The molecule has 1 aliphatic heterocycles. The van der Waals surface area contributed by atoms with Crippen molar-refractivity contribution in [2.75, 3.05) is 11.4 Å². The summed E-state index contributed by atoms with van der Waals surface area (Å²) < 4.78 is 0. The molecule has 2 aromatic rings. The molecule has 1 aliphatic rings. The average molecular weight is 349 g/mol. The van der Waals surface area contributed by atoms with Crippen LogP contribution in [0.5, 0.6) is 0 Å². The van der Waals surface area contributed by atoms with E-state index in [9.17, 15) is 9.59 Å². The monoisotopic (exact) mass is 349 g/mol. The quantitative estimate of drug-likeness (QED) is 0.510. The third kappa shape index (κ3) is 2.85. The fourth-order valence-corrected chi connectivity index (χ4v) is 3.89. The highest BCUT2D eigenvalue weighted by Crippen LogP contribution is 2.46. The van der Waals surface area contributed by atoms with Crippen LogP contribution in [0.15, 0.2) is 43.8 Å². The van der Waals surface area contributed by atoms with Gasteiger partial charge in [0.15, 0.2) is 0 Å². The lowest BCUT2D eigenvalue weighted by Crippen LogP contribution is -2.38. The second-order valence-corrected chi connectivity index (χ2v) is 6.65. The van der Waals surface area contributed by atoms with Gasteiger partial charge in [-0.15, -0.1) is 0 Å². The van der Waals surface area contributed by atoms with Crippen molar-refractivity contribution in [1.29, 1.82) is 5.41 Å². The predicted molar refractivity (Wildman–Crippen MR) is 102 cm³/mol. The molecular weight excluding hydrogens is 334 g/mol. The summed E-state index contributed by atoms with van der Waals surface area (Å²) in [6.07, 6.45) is 3.71. The maximum Gasteiger partial charge on any atom is 0.258 e. The smallest absolute Gasteiger partial charge is 0.258 e. The molecule has 0 radical (unpaired) electrons. The van der Waals surface area contributed by atoms with Gasteiger partial charge in [-0.2, -0.15) is 0 Å². The summed E-state index contributed by atoms with van der Waals surface area (Å²) in [5, 5.41) is 8.02. The number of hydrogen-bond donors (Lipinski definition) is 1. The molecule has 0 aromatic heterocycles. The van der Waals surface area contributed by atoms with E-state index in [0.717, 1.165) is 35.0 Å². The SMILES string of the molecule is [C-]#[N+]C(=C=N)c1c(/C=C2\Sc3ccccc3N2CCCC)c(=O)c1=O. The molecule has 0 atom stereocenters. The van der Waals surface area contributed by atoms with Gasteiger partial charge in [0, 0.05) is 17.0 Å². The van der Waals surface area contributed by atoms with Gasteiger partial charge in [0.25, 0.3) is 5.70 Å². The van der Waals surface area contributed by atoms with E-state index in [4.69, 9.17) is 12.0 Å². The fourth-order valence-electron chi connectivity index (χ4n) is 2.76. The lowest BCUT2D eigenvalue weighted by molar-refractivity contribution is 0.780. The van der Waals surface area contributed by atoms with Gasteiger partial charge in [-0.1, -0.05) is 37.2 Å². The lowest BCUT2D eigenvalue weighted by Gasteiger charge is -2.20. The summed E-state index contributed by atoms with van der Waals surface area (Å²) in [5.74, 6) is 1.95. The van der Waals surface area contributed by atoms with Crippen LogP contribution in [0.4, 0.5) is 5.69 Å². The van der Waals surface area contributed by atoms with Crippen molar-refractivity contribution in [2.45, 2.75) is 24.7 Å². The van der Waals surface area contributed by atoms with Crippen LogP contribution in [0, 0.1) is 12.0 Å². The first-order valence-corrected chi connectivity index (χ1v) is 8.71. The minimum absolute atomic E-state index is 0.00879. The fraction of sp³-hybridized carbons (Fsp3) is 0.211. The van der Waals surface area contributed by atoms with Crippen LogP contribution in [-0.2, 0) is 0 Å². The number of fused-ring (bicyclic) bond motifs is 1. The minimum Gasteiger partial charge on any atom is -0.335 e. The molecule has 1 N–H and O–H groups in total. The number of rotatable bonds is 5. The first-order valence-electron chi connectivity index (χ1n) is 7.89. The van der Waals surface area contributed by atoms with Crippen molar-refractivity contribution in [3.05, 3.63) is 72.3 Å². The number of thioether (sulfide) groups is 1. The van der Waals surface area contributed by atoms with Gasteiger partial charge in [-0.05, 0) is 30.5 Å². The van der Waals surface area contributed by atoms with Gasteiger partial charge in [0.05, 0.1) is 22.9 Å². The maximum atomic E-state index is 12.0. The van der Waals surface area contributed by atoms with E-state index in [0.29, 0.717) is 0 Å². The molecule has 25 heavy (non-hydrogen) atoms. The predicted octanol–water partition coefficient (Wildman–Crippen LogP) is 3.50. The Morgan fingerprint density at radius 3 is 2.80 bits per heavy atom. The van der Waals surface area contributed by atoms with E-state index >= 15 is 0 Å². The van der Waals surface area contributed by atoms with Crippen LogP contribution in [0.2, 0.25) is 0 Å². The van der Waals surface area contributed by atoms with Crippen LogP contribution < -0.4 is 15.8 Å². The number of nitrogens with zero attached hydrogens (tertiary/aromatic N) is 2. The molecule has 0 bridgehead atoms. The zero-order valence-corrected chi connectivity index (χ0v) is 14.4. The van der Waals surface area contributed by atoms with E-state index in [1.165, 1.54) is 11.8 Å². The Kier molecular flexibility index (Phi) is 4.71. The molecule has 124 valence electrons. The van der Waals surface area contributed by atoms with E-state index in [-0.39, 0.29) is 16.8 Å². The second-order valence-electron chi connectivity index (χ2n) is 5.59. The van der Waals surface area contributed by atoms with Gasteiger partial charge >= 0.3 is 0 Å². The zero-order chi connectivity index (χ0) is 18.0. The van der Waals surface area contributed by atoms with Gasteiger partial charge in [-0.3, -0.25) is 15.0 Å². The van der Waals surface area contributed by atoms with Crippen molar-refractivity contribution in [1.82, 2.24) is 0 Å². The molecule has 0 unspecified atom stereocenters. The highest BCUT2D eigenvalue weighted by molar-refractivity contribution is 8.03. The minimum atomic E-state index is -0.710. The average Bonchev–Trinajstić information content (AvgIpc) is 2.99. The van der Waals surface area contributed by atoms with Crippen LogP contribution in [0.3, 0.4) is 0 Å². The second kappa shape index (κ2) is 6.94. The van der Waals surface area contributed by atoms with E-state index in [1.807, 2.05) is 30.1 Å². The Morgan fingerprint density at radius 1 is 1.36 bits per heavy atom. The number of para-hydroxylation sites is 1. The Labute approximate surface area is 149 Å². The Morgan fingerprint density at radius 2 is 2.12 bits per heavy atom. The summed E-state index contributed by atoms with van der Waals surface area (Å²) in [5.41, 5.74) is -0.233. The zero-order valence-electron chi connectivity index (χ0n) is 13.6. The molecule has 6 heteroatoms. The third-order valence-corrected chi connectivity index (χ3v) is 5.17. The maximum absolute atomic E-state index is 12.0. The molecule has 0 spiro atoms.